The van der Waals surface area contributed by atoms with Gasteiger partial charge in [0.25, 0.3) is 0 Å². The summed E-state index contributed by atoms with van der Waals surface area (Å²) in [5, 5.41) is 3.47. The van der Waals surface area contributed by atoms with Crippen LogP contribution in [0.4, 0.5) is 4.39 Å². The van der Waals surface area contributed by atoms with Gasteiger partial charge in [0.15, 0.2) is 0 Å². The molecule has 1 aliphatic heterocycles. The minimum absolute atomic E-state index is 0.0438. The second-order valence-corrected chi connectivity index (χ2v) is 10.1. The Morgan fingerprint density at radius 1 is 1.21 bits per heavy atom. The van der Waals surface area contributed by atoms with E-state index in [1.165, 1.54) is 22.8 Å². The molecule has 1 aliphatic rings. The third-order valence-corrected chi connectivity index (χ3v) is 6.91. The Morgan fingerprint density at radius 2 is 2.05 bits per heavy atom. The van der Waals surface area contributed by atoms with E-state index < -0.39 is 0 Å². The van der Waals surface area contributed by atoms with Crippen LogP contribution < -0.4 is 10.0 Å². The van der Waals surface area contributed by atoms with Crippen molar-refractivity contribution in [3.05, 3.63) is 112 Å². The van der Waals surface area contributed by atoms with Crippen LogP contribution in [0, 0.1) is 12.7 Å². The van der Waals surface area contributed by atoms with Crippen molar-refractivity contribution in [1.82, 2.24) is 15.0 Å². The summed E-state index contributed by atoms with van der Waals surface area (Å²) in [6, 6.07) is 8.02. The summed E-state index contributed by atoms with van der Waals surface area (Å²) in [7, 11) is 0. The van der Waals surface area contributed by atoms with Crippen molar-refractivity contribution in [3.8, 4) is 0 Å². The van der Waals surface area contributed by atoms with Crippen LogP contribution in [-0.2, 0) is 6.54 Å². The molecule has 1 unspecified atom stereocenters. The van der Waals surface area contributed by atoms with Gasteiger partial charge in [-0.05, 0) is 79.9 Å². The lowest BCUT2D eigenvalue weighted by Gasteiger charge is -2.11. The maximum atomic E-state index is 15.0. The average molecular weight is 531 g/mol. The number of aliphatic imine (C=N–C) groups is 1. The summed E-state index contributed by atoms with van der Waals surface area (Å²) < 4.78 is 18.3. The molecule has 0 spiro atoms. The van der Waals surface area contributed by atoms with Crippen LogP contribution in [0.5, 0.6) is 0 Å². The molecule has 2 N–H and O–H groups in total. The van der Waals surface area contributed by atoms with Crippen LogP contribution in [0.3, 0.4) is 0 Å². The highest BCUT2D eigenvalue weighted by Crippen LogP contribution is 2.29. The topological polar surface area (TPSA) is 49.3 Å². The minimum atomic E-state index is -0.347. The van der Waals surface area contributed by atoms with Crippen molar-refractivity contribution in [2.45, 2.75) is 65.8 Å². The van der Waals surface area contributed by atoms with Crippen molar-refractivity contribution in [2.75, 3.05) is 0 Å². The Morgan fingerprint density at radius 3 is 2.79 bits per heavy atom. The number of hydrogen-bond acceptors (Lipinski definition) is 3. The quantitative estimate of drug-likeness (QED) is 0.226. The minimum Gasteiger partial charge on any atom is -0.338 e. The second-order valence-electron chi connectivity index (χ2n) is 9.23. The first-order valence-corrected chi connectivity index (χ1v) is 14.1. The first-order chi connectivity index (χ1) is 18.4. The molecule has 38 heavy (non-hydrogen) atoms. The number of guanidine groups is 1. The van der Waals surface area contributed by atoms with Crippen LogP contribution in [0.25, 0.3) is 11.6 Å². The number of benzene rings is 1. The van der Waals surface area contributed by atoms with E-state index in [2.05, 4.69) is 89.4 Å². The molecule has 1 fully saturated rings. The van der Waals surface area contributed by atoms with Crippen molar-refractivity contribution in [3.63, 3.8) is 0 Å². The standard InChI is InChI=1S/C32H39FN4S/c1-6-9-10-11-12-15-26-20-28(17-16-24(26)5)31-36-32(37-38-31)35-22-25-19-29(33)30(34-21-25)27(14-8-3)18-23(4)13-7-2/h8,10-21,31H,6-7,9,22H2,1-5H3,(H2,35,36,37)/b11-10+,14-8-,15-12-,23-13+,27-18+. The molecule has 200 valence electrons. The lowest BCUT2D eigenvalue weighted by molar-refractivity contribution is 0.614. The molecule has 6 heteroatoms. The molecular weight excluding hydrogens is 491 g/mol. The van der Waals surface area contributed by atoms with E-state index in [1.54, 1.807) is 18.1 Å². The van der Waals surface area contributed by atoms with E-state index in [0.29, 0.717) is 18.2 Å². The SMILES string of the molecule is C\C=C/C(=C\C(C)=C\CC)c1ncc(CN=C2NSC(c3ccc(C)c(/C=C\C=C\CCC)c3)N2)cc1F. The Labute approximate surface area is 231 Å². The normalized spacial score (nSPS) is 17.7. The maximum absolute atomic E-state index is 15.0. The summed E-state index contributed by atoms with van der Waals surface area (Å²) in [6.45, 7) is 10.6. The van der Waals surface area contributed by atoms with E-state index in [0.717, 1.165) is 36.0 Å². The van der Waals surface area contributed by atoms with Gasteiger partial charge in [-0.1, -0.05) is 86.6 Å². The number of rotatable bonds is 11. The van der Waals surface area contributed by atoms with Crippen molar-refractivity contribution in [2.24, 2.45) is 4.99 Å². The molecule has 1 aromatic carbocycles. The predicted molar refractivity (Wildman–Crippen MR) is 163 cm³/mol. The molecule has 0 bridgehead atoms. The molecule has 3 rings (SSSR count). The molecular formula is C32H39FN4S. The molecule has 1 atom stereocenters. The first kappa shape index (κ1) is 29.2. The van der Waals surface area contributed by atoms with Gasteiger partial charge in [-0.2, -0.15) is 0 Å². The van der Waals surface area contributed by atoms with Crippen LogP contribution >= 0.6 is 11.9 Å². The molecule has 2 aromatic rings. The fourth-order valence-corrected chi connectivity index (χ4v) is 4.78. The fraction of sp³-hybridized carbons (Fsp3) is 0.312. The number of aryl methyl sites for hydroxylation is 1. The fourth-order valence-electron chi connectivity index (χ4n) is 3.98. The number of halogens is 1. The predicted octanol–water partition coefficient (Wildman–Crippen LogP) is 8.61. The lowest BCUT2D eigenvalue weighted by Crippen LogP contribution is -2.24. The van der Waals surface area contributed by atoms with Crippen LogP contribution in [0.15, 0.2) is 83.6 Å². The Kier molecular flexibility index (Phi) is 11.6. The number of unbranched alkanes of at least 4 members (excludes halogenated alkanes) is 1. The van der Waals surface area contributed by atoms with Gasteiger partial charge in [-0.15, -0.1) is 0 Å². The molecule has 4 nitrogen and oxygen atoms in total. The van der Waals surface area contributed by atoms with E-state index in [9.17, 15) is 0 Å². The second kappa shape index (κ2) is 15.1. The molecule has 0 saturated carbocycles. The Hall–Kier alpha value is -3.38. The zero-order valence-corrected chi connectivity index (χ0v) is 23.9. The summed E-state index contributed by atoms with van der Waals surface area (Å²) in [4.78, 5) is 9.05. The Bertz CT molecular complexity index is 1270. The molecule has 0 amide bonds. The van der Waals surface area contributed by atoms with Crippen LogP contribution in [-0.4, -0.2) is 10.9 Å². The average Bonchev–Trinajstić information content (AvgIpc) is 3.37. The summed E-state index contributed by atoms with van der Waals surface area (Å²) in [6.07, 6.45) is 21.3. The number of hydrogen-bond donors (Lipinski definition) is 2. The van der Waals surface area contributed by atoms with Crippen molar-refractivity contribution < 1.29 is 4.39 Å². The monoisotopic (exact) mass is 530 g/mol. The highest BCUT2D eigenvalue weighted by molar-refractivity contribution is 7.98. The summed E-state index contributed by atoms with van der Waals surface area (Å²) >= 11 is 1.57. The molecule has 1 aromatic heterocycles. The van der Waals surface area contributed by atoms with Gasteiger partial charge in [0.05, 0.1) is 6.54 Å². The van der Waals surface area contributed by atoms with Gasteiger partial charge < -0.3 is 5.32 Å². The third-order valence-electron chi connectivity index (χ3n) is 5.97. The number of nitrogens with zero attached hydrogens (tertiary/aromatic N) is 2. The van der Waals surface area contributed by atoms with E-state index in [4.69, 9.17) is 0 Å². The maximum Gasteiger partial charge on any atom is 0.203 e. The highest BCUT2D eigenvalue weighted by atomic mass is 32.2. The number of aromatic nitrogens is 1. The van der Waals surface area contributed by atoms with Gasteiger partial charge in [0, 0.05) is 11.8 Å². The number of allylic oxidation sites excluding steroid dienone is 9. The van der Waals surface area contributed by atoms with Gasteiger partial charge in [-0.25, -0.2) is 9.38 Å². The van der Waals surface area contributed by atoms with E-state index in [-0.39, 0.29) is 11.2 Å². The highest BCUT2D eigenvalue weighted by Gasteiger charge is 2.22. The van der Waals surface area contributed by atoms with Crippen LogP contribution in [0.2, 0.25) is 0 Å². The van der Waals surface area contributed by atoms with E-state index in [1.807, 2.05) is 32.1 Å². The molecule has 0 radical (unpaired) electrons. The zero-order valence-electron chi connectivity index (χ0n) is 23.1. The molecule has 0 aliphatic carbocycles. The van der Waals surface area contributed by atoms with Crippen LogP contribution in [0.1, 0.15) is 80.3 Å². The largest absolute Gasteiger partial charge is 0.338 e. The summed E-state index contributed by atoms with van der Waals surface area (Å²) in [5.74, 6) is 0.334. The number of pyridine rings is 1. The van der Waals surface area contributed by atoms with Crippen molar-refractivity contribution >= 4 is 29.6 Å². The lowest BCUT2D eigenvalue weighted by atomic mass is 10.0. The van der Waals surface area contributed by atoms with Gasteiger partial charge in [0.2, 0.25) is 5.96 Å². The van der Waals surface area contributed by atoms with Gasteiger partial charge >= 0.3 is 0 Å². The molecule has 1 saturated heterocycles. The smallest absolute Gasteiger partial charge is 0.203 e. The van der Waals surface area contributed by atoms with Gasteiger partial charge in [-0.3, -0.25) is 9.71 Å². The third kappa shape index (κ3) is 8.59. The Balaban J connectivity index is 1.68. The van der Waals surface area contributed by atoms with Crippen molar-refractivity contribution in [1.29, 1.82) is 0 Å². The van der Waals surface area contributed by atoms with E-state index >= 15 is 4.39 Å². The summed E-state index contributed by atoms with van der Waals surface area (Å²) in [5.41, 5.74) is 6.52. The number of nitrogens with one attached hydrogen (secondary N) is 2. The van der Waals surface area contributed by atoms with Gasteiger partial charge in [0.1, 0.15) is 16.9 Å². The molecule has 2 heterocycles. The zero-order chi connectivity index (χ0) is 27.3. The first-order valence-electron chi connectivity index (χ1n) is 13.3.